The number of anilines is 3. The topological polar surface area (TPSA) is 202 Å². The van der Waals surface area contributed by atoms with Crippen molar-refractivity contribution in [1.29, 1.82) is 5.26 Å². The van der Waals surface area contributed by atoms with E-state index in [4.69, 9.17) is 14.6 Å². The Morgan fingerprint density at radius 3 is 2.36 bits per heavy atom. The molecule has 15 heteroatoms. The second-order valence-corrected chi connectivity index (χ2v) is 11.8. The Bertz CT molecular complexity index is 1560. The Balaban J connectivity index is 2.00. The van der Waals surface area contributed by atoms with E-state index in [1.54, 1.807) is 11.8 Å². The van der Waals surface area contributed by atoms with E-state index in [0.29, 0.717) is 29.4 Å². The van der Waals surface area contributed by atoms with Gasteiger partial charge in [0.2, 0.25) is 0 Å². The van der Waals surface area contributed by atoms with Crippen molar-refractivity contribution in [2.45, 2.75) is 11.8 Å². The normalized spacial score (nSPS) is 11.6. The van der Waals surface area contributed by atoms with Crippen molar-refractivity contribution in [2.24, 2.45) is 10.2 Å². The number of para-hydroxylation sites is 1. The van der Waals surface area contributed by atoms with Gasteiger partial charge in [0.15, 0.2) is 15.7 Å². The first-order valence-electron chi connectivity index (χ1n) is 14.2. The number of sulfone groups is 1. The fraction of sp³-hybridized carbons (Fsp3) is 0.400. The number of aromatic nitrogens is 1. The number of rotatable bonds is 19. The third-order valence-corrected chi connectivity index (χ3v) is 8.31. The summed E-state index contributed by atoms with van der Waals surface area (Å²) in [5.41, 5.74) is 1.83. The third-order valence-electron chi connectivity index (χ3n) is 6.61. The number of pyridine rings is 1. The summed E-state index contributed by atoms with van der Waals surface area (Å²) < 4.78 is 37.1. The van der Waals surface area contributed by atoms with Gasteiger partial charge in [0, 0.05) is 37.4 Å². The van der Waals surface area contributed by atoms with Crippen LogP contribution in [0.3, 0.4) is 0 Å². The molecular formula is C30H39N7O7S. The molecule has 2 aromatic carbocycles. The maximum absolute atomic E-state index is 13.2. The molecule has 0 bridgehead atoms. The lowest BCUT2D eigenvalue weighted by molar-refractivity contribution is 0.0992. The van der Waals surface area contributed by atoms with Gasteiger partial charge in [0.25, 0.3) is 0 Å². The van der Waals surface area contributed by atoms with Gasteiger partial charge >= 0.3 is 0 Å². The highest BCUT2D eigenvalue weighted by Crippen LogP contribution is 2.38. The van der Waals surface area contributed by atoms with Gasteiger partial charge in [-0.25, -0.2) is 13.4 Å². The largest absolute Gasteiger partial charge is 0.494 e. The fourth-order valence-corrected chi connectivity index (χ4v) is 5.57. The molecule has 0 aliphatic heterocycles. The number of methoxy groups -OCH3 is 1. The highest BCUT2D eigenvalue weighted by atomic mass is 32.2. The molecule has 5 N–H and O–H groups in total. The lowest BCUT2D eigenvalue weighted by Crippen LogP contribution is -2.34. The molecule has 0 saturated heterocycles. The van der Waals surface area contributed by atoms with E-state index in [2.05, 4.69) is 31.9 Å². The number of benzene rings is 2. The van der Waals surface area contributed by atoms with Crippen LogP contribution < -0.4 is 15.4 Å². The van der Waals surface area contributed by atoms with E-state index in [1.165, 1.54) is 25.3 Å². The van der Waals surface area contributed by atoms with Crippen molar-refractivity contribution in [1.82, 2.24) is 9.88 Å². The van der Waals surface area contributed by atoms with Crippen molar-refractivity contribution in [2.75, 3.05) is 82.7 Å². The van der Waals surface area contributed by atoms with E-state index in [9.17, 15) is 23.9 Å². The first-order chi connectivity index (χ1) is 21.8. The molecule has 0 atom stereocenters. The number of nitrogens with one attached hydrogen (secondary N) is 2. The minimum absolute atomic E-state index is 0.00311. The highest BCUT2D eigenvalue weighted by Gasteiger charge is 2.20. The van der Waals surface area contributed by atoms with Gasteiger partial charge in [0.1, 0.15) is 29.0 Å². The molecule has 3 rings (SSSR count). The van der Waals surface area contributed by atoms with Crippen LogP contribution in [0, 0.1) is 18.3 Å². The summed E-state index contributed by atoms with van der Waals surface area (Å²) >= 11 is 0. The SMILES string of the molecule is COc1ccc(S(=O)(=O)CCN(CCO)CCO)cc1/N=N/c1c(Nc2ccccc2)nc(NCCOCCO)c(C#N)c1C. The fourth-order valence-electron chi connectivity index (χ4n) is 4.27. The van der Waals surface area contributed by atoms with Gasteiger partial charge in [-0.15, -0.1) is 10.2 Å². The Morgan fingerprint density at radius 1 is 0.978 bits per heavy atom. The van der Waals surface area contributed by atoms with Crippen LogP contribution in [-0.2, 0) is 14.6 Å². The molecule has 0 saturated carbocycles. The molecule has 0 radical (unpaired) electrons. The first-order valence-corrected chi connectivity index (χ1v) is 15.9. The average Bonchev–Trinajstić information content (AvgIpc) is 3.04. The summed E-state index contributed by atoms with van der Waals surface area (Å²) in [7, 11) is -2.34. The lowest BCUT2D eigenvalue weighted by Gasteiger charge is -2.20. The molecule has 0 aliphatic rings. The summed E-state index contributed by atoms with van der Waals surface area (Å²) in [5.74, 6) is 0.650. The van der Waals surface area contributed by atoms with Crippen LogP contribution in [0.4, 0.5) is 28.7 Å². The number of aliphatic hydroxyl groups excluding tert-OH is 3. The van der Waals surface area contributed by atoms with E-state index < -0.39 is 9.84 Å². The van der Waals surface area contributed by atoms with E-state index in [1.807, 2.05) is 30.3 Å². The van der Waals surface area contributed by atoms with Gasteiger partial charge in [0.05, 0.1) is 56.4 Å². The number of azo groups is 1. The van der Waals surface area contributed by atoms with E-state index in [-0.39, 0.29) is 86.0 Å². The molecule has 0 spiro atoms. The van der Waals surface area contributed by atoms with E-state index >= 15 is 0 Å². The van der Waals surface area contributed by atoms with Gasteiger partial charge < -0.3 is 35.4 Å². The van der Waals surface area contributed by atoms with Crippen molar-refractivity contribution in [3.05, 3.63) is 59.7 Å². The Labute approximate surface area is 262 Å². The predicted octanol–water partition coefficient (Wildman–Crippen LogP) is 2.91. The first kappa shape index (κ1) is 35.3. The number of nitriles is 1. The van der Waals surface area contributed by atoms with Crippen LogP contribution in [0.25, 0.3) is 0 Å². The molecule has 1 heterocycles. The molecule has 0 fully saturated rings. The van der Waals surface area contributed by atoms with Crippen molar-refractivity contribution in [3.63, 3.8) is 0 Å². The van der Waals surface area contributed by atoms with Crippen LogP contribution >= 0.6 is 0 Å². The van der Waals surface area contributed by atoms with Gasteiger partial charge in [-0.2, -0.15) is 5.26 Å². The van der Waals surface area contributed by atoms with Crippen LogP contribution in [0.15, 0.2) is 63.7 Å². The predicted molar refractivity (Wildman–Crippen MR) is 170 cm³/mol. The van der Waals surface area contributed by atoms with Crippen molar-refractivity contribution in [3.8, 4) is 11.8 Å². The average molecular weight is 642 g/mol. The minimum Gasteiger partial charge on any atom is -0.494 e. The quantitative estimate of drug-likeness (QED) is 0.0948. The maximum atomic E-state index is 13.2. The standard InChI is InChI=1S/C30H39N7O7S/c1-22-25(21-31)29(32-10-17-44-18-16-40)34-30(33-23-6-4-3-5-7-23)28(22)36-35-26-20-24(8-9-27(26)43-2)45(41,42)19-13-37(11-14-38)12-15-39/h3-9,20,38-40H,10-19H2,1-2H3,(H2,32,33,34)/b36-35+. The molecule has 1 aromatic heterocycles. The highest BCUT2D eigenvalue weighted by molar-refractivity contribution is 7.91. The number of nitrogens with zero attached hydrogens (tertiary/aromatic N) is 5. The molecule has 0 unspecified atom stereocenters. The zero-order valence-corrected chi connectivity index (χ0v) is 26.1. The number of ether oxygens (including phenoxy) is 2. The van der Waals surface area contributed by atoms with Gasteiger partial charge in [-0.3, -0.25) is 4.90 Å². The second kappa shape index (κ2) is 18.0. The zero-order valence-electron chi connectivity index (χ0n) is 25.3. The molecule has 14 nitrogen and oxygen atoms in total. The Kier molecular flexibility index (Phi) is 14.1. The van der Waals surface area contributed by atoms with Crippen LogP contribution in [0.5, 0.6) is 5.75 Å². The summed E-state index contributed by atoms with van der Waals surface area (Å²) in [6, 6.07) is 15.7. The molecule has 3 aromatic rings. The minimum atomic E-state index is -3.77. The smallest absolute Gasteiger partial charge is 0.179 e. The zero-order chi connectivity index (χ0) is 32.7. The van der Waals surface area contributed by atoms with Gasteiger partial charge in [-0.1, -0.05) is 18.2 Å². The maximum Gasteiger partial charge on any atom is 0.179 e. The number of aliphatic hydroxyl groups is 3. The molecular weight excluding hydrogens is 602 g/mol. The molecule has 0 amide bonds. The van der Waals surface area contributed by atoms with E-state index in [0.717, 1.165) is 0 Å². The Hall–Kier alpha value is -4.17. The third kappa shape index (κ3) is 10.2. The second-order valence-electron chi connectivity index (χ2n) is 9.66. The van der Waals surface area contributed by atoms with Gasteiger partial charge in [-0.05, 0) is 37.3 Å². The number of hydrogen-bond acceptors (Lipinski definition) is 14. The van der Waals surface area contributed by atoms with Crippen LogP contribution in [-0.4, -0.2) is 106 Å². The number of hydrogen-bond donors (Lipinski definition) is 5. The lowest BCUT2D eigenvalue weighted by atomic mass is 10.1. The van der Waals surface area contributed by atoms with Crippen molar-refractivity contribution < 1.29 is 33.2 Å². The van der Waals surface area contributed by atoms with Crippen LogP contribution in [0.2, 0.25) is 0 Å². The molecule has 242 valence electrons. The molecule has 45 heavy (non-hydrogen) atoms. The summed E-state index contributed by atoms with van der Waals surface area (Å²) in [4.78, 5) is 6.29. The molecule has 0 aliphatic carbocycles. The monoisotopic (exact) mass is 641 g/mol. The van der Waals surface area contributed by atoms with Crippen molar-refractivity contribution >= 4 is 38.5 Å². The van der Waals surface area contributed by atoms with Crippen LogP contribution in [0.1, 0.15) is 11.1 Å². The Morgan fingerprint density at radius 2 is 1.71 bits per heavy atom. The summed E-state index contributed by atoms with van der Waals surface area (Å²) in [6.45, 7) is 2.70. The summed E-state index contributed by atoms with van der Waals surface area (Å²) in [6.07, 6.45) is 0. The summed E-state index contributed by atoms with van der Waals surface area (Å²) in [5, 5.41) is 52.5.